The molecule has 0 amide bonds. The number of rotatable bonds is 5. The highest BCUT2D eigenvalue weighted by atomic mass is 19.4. The lowest BCUT2D eigenvalue weighted by molar-refractivity contribution is -0.144. The van der Waals surface area contributed by atoms with E-state index in [1.165, 1.54) is 12.1 Å². The summed E-state index contributed by atoms with van der Waals surface area (Å²) in [4.78, 5) is 27.1. The molecule has 1 atom stereocenters. The van der Waals surface area contributed by atoms with Gasteiger partial charge in [0.15, 0.2) is 0 Å². The van der Waals surface area contributed by atoms with E-state index in [-0.39, 0.29) is 16.9 Å². The van der Waals surface area contributed by atoms with Crippen molar-refractivity contribution in [3.63, 3.8) is 0 Å². The van der Waals surface area contributed by atoms with Crippen molar-refractivity contribution < 1.29 is 13.2 Å². The summed E-state index contributed by atoms with van der Waals surface area (Å²) >= 11 is 0. The van der Waals surface area contributed by atoms with Crippen LogP contribution in [0.5, 0.6) is 0 Å². The van der Waals surface area contributed by atoms with Gasteiger partial charge in [0.05, 0.1) is 5.69 Å². The molecule has 3 aromatic carbocycles. The Morgan fingerprint density at radius 1 is 0.931 bits per heavy atom. The fourth-order valence-electron chi connectivity index (χ4n) is 3.22. The molecular formula is C21H16F3N3O2. The Morgan fingerprint density at radius 3 is 2.28 bits per heavy atom. The van der Waals surface area contributed by atoms with Crippen LogP contribution in [0.2, 0.25) is 0 Å². The summed E-state index contributed by atoms with van der Waals surface area (Å²) in [5.74, 6) is 0. The number of halogens is 3. The summed E-state index contributed by atoms with van der Waals surface area (Å²) in [6.07, 6.45) is -3.07. The van der Waals surface area contributed by atoms with E-state index >= 15 is 0 Å². The number of hydrogen-bond acceptors (Lipinski definition) is 4. The maximum Gasteiger partial charge on any atom is 0.412 e. The van der Waals surface area contributed by atoms with Crippen molar-refractivity contribution in [3.8, 4) is 0 Å². The van der Waals surface area contributed by atoms with E-state index in [2.05, 4.69) is 15.6 Å². The maximum atomic E-state index is 13.7. The summed E-state index contributed by atoms with van der Waals surface area (Å²) in [6.45, 7) is 1.76. The average molecular weight is 399 g/mol. The normalized spacial score (nSPS) is 13.0. The number of H-pyrrole nitrogens is 1. The van der Waals surface area contributed by atoms with Gasteiger partial charge in [-0.2, -0.15) is 13.2 Å². The van der Waals surface area contributed by atoms with Crippen molar-refractivity contribution in [3.05, 3.63) is 86.3 Å². The first kappa shape index (κ1) is 18.8. The fraction of sp³-hybridized carbons (Fsp3) is 0.143. The Balaban J connectivity index is 1.69. The van der Waals surface area contributed by atoms with Crippen molar-refractivity contribution in [2.45, 2.75) is 19.1 Å². The lowest BCUT2D eigenvalue weighted by Gasteiger charge is -2.25. The second-order valence-corrected chi connectivity index (χ2v) is 6.81. The molecule has 1 aromatic heterocycles. The van der Waals surface area contributed by atoms with Crippen LogP contribution in [0.3, 0.4) is 0 Å². The molecule has 148 valence electrons. The third-order valence-corrected chi connectivity index (χ3v) is 4.79. The molecule has 0 spiro atoms. The molecule has 3 N–H and O–H groups in total. The van der Waals surface area contributed by atoms with Crippen molar-refractivity contribution in [1.82, 2.24) is 4.98 Å². The monoisotopic (exact) mass is 399 g/mol. The molecule has 0 aliphatic carbocycles. The van der Waals surface area contributed by atoms with E-state index in [1.807, 2.05) is 12.1 Å². The van der Waals surface area contributed by atoms with Crippen LogP contribution in [0, 0.1) is 6.92 Å². The number of benzene rings is 2. The fourth-order valence-corrected chi connectivity index (χ4v) is 3.22. The van der Waals surface area contributed by atoms with Gasteiger partial charge >= 0.3 is 6.18 Å². The summed E-state index contributed by atoms with van der Waals surface area (Å²) < 4.78 is 41.0. The quantitative estimate of drug-likeness (QED) is 0.431. The lowest BCUT2D eigenvalue weighted by Crippen LogP contribution is -2.40. The molecule has 0 aliphatic rings. The molecule has 0 saturated heterocycles. The minimum atomic E-state index is -4.66. The number of aromatic amines is 1. The summed E-state index contributed by atoms with van der Waals surface area (Å²) in [5.41, 5.74) is -0.342. The van der Waals surface area contributed by atoms with Crippen LogP contribution in [0.4, 0.5) is 30.2 Å². The van der Waals surface area contributed by atoms with Crippen LogP contribution in [0.25, 0.3) is 10.9 Å². The first-order valence-electron chi connectivity index (χ1n) is 8.82. The van der Waals surface area contributed by atoms with Crippen molar-refractivity contribution in [2.24, 2.45) is 0 Å². The molecule has 4 aromatic rings. The molecular weight excluding hydrogens is 383 g/mol. The van der Waals surface area contributed by atoms with Gasteiger partial charge < -0.3 is 15.6 Å². The Morgan fingerprint density at radius 2 is 1.59 bits per heavy atom. The third kappa shape index (κ3) is 3.37. The molecule has 0 fully saturated rings. The zero-order chi connectivity index (χ0) is 20.8. The number of aromatic nitrogens is 1. The number of hydrogen-bond donors (Lipinski definition) is 3. The molecule has 0 bridgehead atoms. The van der Waals surface area contributed by atoms with E-state index in [4.69, 9.17) is 0 Å². The summed E-state index contributed by atoms with van der Waals surface area (Å²) in [7, 11) is 0. The first-order valence-corrected chi connectivity index (χ1v) is 8.82. The molecule has 0 saturated carbocycles. The molecule has 1 heterocycles. The average Bonchev–Trinajstić information content (AvgIpc) is 3.10. The predicted octanol–water partition coefficient (Wildman–Crippen LogP) is 4.53. The van der Waals surface area contributed by atoms with E-state index in [1.54, 1.807) is 37.4 Å². The van der Waals surface area contributed by atoms with Crippen molar-refractivity contribution in [1.29, 1.82) is 0 Å². The largest absolute Gasteiger partial charge is 0.412 e. The Labute approximate surface area is 162 Å². The van der Waals surface area contributed by atoms with Gasteiger partial charge in [-0.25, -0.2) is 0 Å². The smallest absolute Gasteiger partial charge is 0.365 e. The van der Waals surface area contributed by atoms with Gasteiger partial charge in [0.1, 0.15) is 17.4 Å². The second kappa shape index (κ2) is 6.80. The number of nitrogens with one attached hydrogen (secondary N) is 3. The minimum absolute atomic E-state index is 0.0470. The minimum Gasteiger partial charge on any atom is -0.365 e. The Hall–Kier alpha value is -3.55. The standard InChI is InChI=1S/C21H16F3N3O2/c1-11-6-8-12(9-7-11)20(21(22,23)24)27-17-16(18(28)19(17)29)26-15-10-25-14-5-3-2-4-13(14)15/h2-10,20,25-27H,1H3/t20-/m0/s1. The molecule has 8 heteroatoms. The SMILES string of the molecule is Cc1ccc([C@H](Nc2c(Nc3c[nH]c4ccccc34)c(=O)c2=O)C(F)(F)F)cc1. The van der Waals surface area contributed by atoms with Crippen molar-refractivity contribution >= 4 is 28.0 Å². The van der Waals surface area contributed by atoms with E-state index in [0.717, 1.165) is 16.5 Å². The molecule has 0 aliphatic heterocycles. The van der Waals surface area contributed by atoms with Gasteiger partial charge in [-0.3, -0.25) is 9.59 Å². The topological polar surface area (TPSA) is 74.0 Å². The third-order valence-electron chi connectivity index (χ3n) is 4.79. The number of fused-ring (bicyclic) bond motifs is 1. The van der Waals surface area contributed by atoms with Gasteiger partial charge in [-0.15, -0.1) is 0 Å². The lowest BCUT2D eigenvalue weighted by atomic mass is 10.0. The predicted molar refractivity (Wildman–Crippen MR) is 107 cm³/mol. The van der Waals surface area contributed by atoms with E-state index in [0.29, 0.717) is 5.69 Å². The molecule has 5 nitrogen and oxygen atoms in total. The first-order chi connectivity index (χ1) is 13.8. The highest BCUT2D eigenvalue weighted by molar-refractivity contribution is 5.95. The van der Waals surface area contributed by atoms with Gasteiger partial charge in [-0.1, -0.05) is 48.0 Å². The van der Waals surface area contributed by atoms with Gasteiger partial charge in [0, 0.05) is 17.1 Å². The number of para-hydroxylation sites is 1. The highest BCUT2D eigenvalue weighted by Crippen LogP contribution is 2.37. The number of aryl methyl sites for hydroxylation is 1. The van der Waals surface area contributed by atoms with Gasteiger partial charge in [0.2, 0.25) is 0 Å². The molecule has 29 heavy (non-hydrogen) atoms. The maximum absolute atomic E-state index is 13.7. The van der Waals surface area contributed by atoms with Gasteiger partial charge in [-0.05, 0) is 18.6 Å². The summed E-state index contributed by atoms with van der Waals surface area (Å²) in [5, 5.41) is 5.78. The van der Waals surface area contributed by atoms with Gasteiger partial charge in [0.25, 0.3) is 10.9 Å². The van der Waals surface area contributed by atoms with E-state index in [9.17, 15) is 22.8 Å². The molecule has 0 radical (unpaired) electrons. The Bertz CT molecular complexity index is 1250. The highest BCUT2D eigenvalue weighted by Gasteiger charge is 2.42. The van der Waals surface area contributed by atoms with Crippen LogP contribution >= 0.6 is 0 Å². The van der Waals surface area contributed by atoms with Crippen LogP contribution < -0.4 is 21.5 Å². The number of anilines is 3. The molecule has 4 rings (SSSR count). The Kier molecular flexibility index (Phi) is 4.41. The molecule has 0 unspecified atom stereocenters. The van der Waals surface area contributed by atoms with Crippen LogP contribution in [0.1, 0.15) is 17.2 Å². The summed E-state index contributed by atoms with van der Waals surface area (Å²) in [6, 6.07) is 10.9. The van der Waals surface area contributed by atoms with Crippen LogP contribution in [-0.2, 0) is 0 Å². The zero-order valence-electron chi connectivity index (χ0n) is 15.2. The zero-order valence-corrected chi connectivity index (χ0v) is 15.2. The van der Waals surface area contributed by atoms with E-state index < -0.39 is 23.1 Å². The van der Waals surface area contributed by atoms with Crippen LogP contribution in [-0.4, -0.2) is 11.2 Å². The number of alkyl halides is 3. The van der Waals surface area contributed by atoms with Crippen LogP contribution in [0.15, 0.2) is 64.3 Å². The van der Waals surface area contributed by atoms with Crippen molar-refractivity contribution in [2.75, 3.05) is 10.6 Å². The second-order valence-electron chi connectivity index (χ2n) is 6.81.